The fourth-order valence-corrected chi connectivity index (χ4v) is 4.70. The van der Waals surface area contributed by atoms with Crippen molar-refractivity contribution in [3.05, 3.63) is 54.5 Å². The van der Waals surface area contributed by atoms with Crippen LogP contribution >= 0.6 is 11.9 Å². The van der Waals surface area contributed by atoms with E-state index in [1.54, 1.807) is 49.8 Å². The number of hydrogen-bond acceptors (Lipinski definition) is 7. The number of ether oxygens (including phenoxy) is 2. The lowest BCUT2D eigenvalue weighted by Crippen LogP contribution is -2.27. The molecule has 1 fully saturated rings. The highest BCUT2D eigenvalue weighted by molar-refractivity contribution is 8.00. The molecule has 3 aromatic rings. The maximum Gasteiger partial charge on any atom is 0.419 e. The highest BCUT2D eigenvalue weighted by Gasteiger charge is 2.33. The van der Waals surface area contributed by atoms with Gasteiger partial charge in [0.25, 0.3) is 0 Å². The standard InChI is InChI=1S/C23H25N3O4S/c1-23(2,3)30-22(28)25-13-19(18-8-7-17(29-4)10-20(18)25)21(27)15-12-26(31-14-15)16-6-5-9-24-11-16/h5-11,13,15H,12,14H2,1-4H3. The van der Waals surface area contributed by atoms with E-state index in [1.165, 1.54) is 4.57 Å². The smallest absolute Gasteiger partial charge is 0.419 e. The molecule has 1 aromatic carbocycles. The number of Topliss-reactive ketones (excluding diaryl/α,β-unsaturated/α-hetero) is 1. The monoisotopic (exact) mass is 439 g/mol. The first-order valence-electron chi connectivity index (χ1n) is 10.0. The molecule has 31 heavy (non-hydrogen) atoms. The second kappa shape index (κ2) is 8.26. The van der Waals surface area contributed by atoms with Crippen LogP contribution in [0.1, 0.15) is 31.1 Å². The Morgan fingerprint density at radius 1 is 1.23 bits per heavy atom. The van der Waals surface area contributed by atoms with Crippen molar-refractivity contribution < 1.29 is 19.1 Å². The quantitative estimate of drug-likeness (QED) is 0.427. The van der Waals surface area contributed by atoms with E-state index in [-0.39, 0.29) is 11.7 Å². The van der Waals surface area contributed by atoms with Crippen LogP contribution in [0, 0.1) is 5.92 Å². The number of carbonyl (C=O) groups excluding carboxylic acids is 2. The molecule has 7 nitrogen and oxygen atoms in total. The van der Waals surface area contributed by atoms with Crippen LogP contribution in [0.5, 0.6) is 5.75 Å². The van der Waals surface area contributed by atoms with Crippen molar-refractivity contribution in [3.63, 3.8) is 0 Å². The SMILES string of the molecule is COc1ccc2c(C(=O)C3CSN(c4cccnc4)C3)cn(C(=O)OC(C)(C)C)c2c1. The van der Waals surface area contributed by atoms with Crippen molar-refractivity contribution in [3.8, 4) is 5.75 Å². The molecule has 1 aliphatic rings. The van der Waals surface area contributed by atoms with E-state index in [2.05, 4.69) is 9.29 Å². The van der Waals surface area contributed by atoms with Crippen LogP contribution in [0.25, 0.3) is 10.9 Å². The number of aromatic nitrogens is 2. The van der Waals surface area contributed by atoms with Crippen molar-refractivity contribution in [2.45, 2.75) is 26.4 Å². The number of anilines is 1. The summed E-state index contributed by atoms with van der Waals surface area (Å²) in [7, 11) is 1.57. The Bertz CT molecular complexity index is 1120. The zero-order valence-corrected chi connectivity index (χ0v) is 18.8. The molecule has 1 aliphatic heterocycles. The van der Waals surface area contributed by atoms with Gasteiger partial charge in [0.05, 0.1) is 30.4 Å². The van der Waals surface area contributed by atoms with Gasteiger partial charge >= 0.3 is 6.09 Å². The Hall–Kier alpha value is -3.00. The van der Waals surface area contributed by atoms with Gasteiger partial charge in [0.2, 0.25) is 0 Å². The third-order valence-electron chi connectivity index (χ3n) is 4.99. The first-order chi connectivity index (χ1) is 14.8. The van der Waals surface area contributed by atoms with E-state index in [9.17, 15) is 9.59 Å². The number of carbonyl (C=O) groups is 2. The predicted molar refractivity (Wildman–Crippen MR) is 122 cm³/mol. The van der Waals surface area contributed by atoms with Gasteiger partial charge in [-0.15, -0.1) is 0 Å². The van der Waals surface area contributed by atoms with Crippen LogP contribution in [-0.2, 0) is 4.74 Å². The molecule has 2 aromatic heterocycles. The third kappa shape index (κ3) is 4.39. The molecule has 4 rings (SSSR count). The summed E-state index contributed by atoms with van der Waals surface area (Å²) in [6.45, 7) is 6.02. The van der Waals surface area contributed by atoms with Crippen LogP contribution in [-0.4, -0.2) is 46.4 Å². The van der Waals surface area contributed by atoms with Gasteiger partial charge < -0.3 is 13.8 Å². The van der Waals surface area contributed by atoms with Gasteiger partial charge in [0.1, 0.15) is 11.4 Å². The molecule has 3 heterocycles. The Morgan fingerprint density at radius 2 is 2.03 bits per heavy atom. The van der Waals surface area contributed by atoms with E-state index in [0.717, 1.165) is 5.69 Å². The average Bonchev–Trinajstić information content (AvgIpc) is 3.38. The summed E-state index contributed by atoms with van der Waals surface area (Å²) >= 11 is 1.61. The Labute approximate surface area is 185 Å². The van der Waals surface area contributed by atoms with Crippen molar-refractivity contribution in [2.24, 2.45) is 5.92 Å². The van der Waals surface area contributed by atoms with Crippen LogP contribution < -0.4 is 9.04 Å². The molecule has 1 atom stereocenters. The minimum atomic E-state index is -0.650. The van der Waals surface area contributed by atoms with Gasteiger partial charge in [-0.05, 0) is 57.0 Å². The average molecular weight is 440 g/mol. The third-order valence-corrected chi connectivity index (χ3v) is 6.21. The minimum absolute atomic E-state index is 0.0105. The summed E-state index contributed by atoms with van der Waals surface area (Å²) < 4.78 is 14.4. The normalized spacial score (nSPS) is 16.5. The molecule has 0 saturated carbocycles. The van der Waals surface area contributed by atoms with E-state index < -0.39 is 11.7 Å². The lowest BCUT2D eigenvalue weighted by Gasteiger charge is -2.19. The maximum absolute atomic E-state index is 13.5. The Morgan fingerprint density at radius 3 is 2.71 bits per heavy atom. The van der Waals surface area contributed by atoms with Crippen molar-refractivity contribution in [1.82, 2.24) is 9.55 Å². The summed E-state index contributed by atoms with van der Waals surface area (Å²) in [4.78, 5) is 30.5. The first-order valence-corrected chi connectivity index (χ1v) is 11.0. The zero-order chi connectivity index (χ0) is 22.2. The highest BCUT2D eigenvalue weighted by Crippen LogP contribution is 2.35. The van der Waals surface area contributed by atoms with Crippen molar-refractivity contribution in [1.29, 1.82) is 0 Å². The fraction of sp³-hybridized carbons (Fsp3) is 0.348. The molecule has 1 unspecified atom stereocenters. The summed E-state index contributed by atoms with van der Waals surface area (Å²) in [5.74, 6) is 1.10. The van der Waals surface area contributed by atoms with Gasteiger partial charge in [0, 0.05) is 41.7 Å². The lowest BCUT2D eigenvalue weighted by atomic mass is 9.98. The van der Waals surface area contributed by atoms with Crippen LogP contribution in [0.4, 0.5) is 10.5 Å². The number of nitrogens with zero attached hydrogens (tertiary/aromatic N) is 3. The van der Waals surface area contributed by atoms with Gasteiger partial charge in [-0.1, -0.05) is 0 Å². The molecule has 162 valence electrons. The number of hydrogen-bond donors (Lipinski definition) is 0. The summed E-state index contributed by atoms with van der Waals surface area (Å²) in [6.07, 6.45) is 4.59. The van der Waals surface area contributed by atoms with Gasteiger partial charge in [0.15, 0.2) is 5.78 Å². The van der Waals surface area contributed by atoms with Crippen LogP contribution in [0.3, 0.4) is 0 Å². The van der Waals surface area contributed by atoms with Crippen LogP contribution in [0.2, 0.25) is 0 Å². The number of ketones is 1. The van der Waals surface area contributed by atoms with Gasteiger partial charge in [-0.3, -0.25) is 14.3 Å². The summed E-state index contributed by atoms with van der Waals surface area (Å²) in [5.41, 5.74) is 1.43. The predicted octanol–water partition coefficient (Wildman–Crippen LogP) is 4.80. The number of fused-ring (bicyclic) bond motifs is 1. The van der Waals surface area contributed by atoms with E-state index in [0.29, 0.717) is 34.5 Å². The molecule has 0 amide bonds. The van der Waals surface area contributed by atoms with Gasteiger partial charge in [-0.2, -0.15) is 0 Å². The highest BCUT2D eigenvalue weighted by atomic mass is 32.2. The zero-order valence-electron chi connectivity index (χ0n) is 18.0. The number of benzene rings is 1. The lowest BCUT2D eigenvalue weighted by molar-refractivity contribution is 0.0544. The molecule has 0 spiro atoms. The summed E-state index contributed by atoms with van der Waals surface area (Å²) in [5, 5.41) is 0.710. The largest absolute Gasteiger partial charge is 0.497 e. The molecule has 1 saturated heterocycles. The first kappa shape index (κ1) is 21.2. The molecule has 0 N–H and O–H groups in total. The van der Waals surface area contributed by atoms with E-state index in [4.69, 9.17) is 9.47 Å². The topological polar surface area (TPSA) is 73.7 Å². The Kier molecular flexibility index (Phi) is 5.66. The molecular weight excluding hydrogens is 414 g/mol. The fourth-order valence-electron chi connectivity index (χ4n) is 3.54. The summed E-state index contributed by atoms with van der Waals surface area (Å²) in [6, 6.07) is 9.23. The number of pyridine rings is 1. The maximum atomic E-state index is 13.5. The molecule has 8 heteroatoms. The second-order valence-electron chi connectivity index (χ2n) is 8.41. The van der Waals surface area contributed by atoms with E-state index in [1.807, 2.05) is 39.0 Å². The molecule has 0 aliphatic carbocycles. The van der Waals surface area contributed by atoms with Gasteiger partial charge in [-0.25, -0.2) is 4.79 Å². The second-order valence-corrected chi connectivity index (χ2v) is 9.44. The number of methoxy groups -OCH3 is 1. The minimum Gasteiger partial charge on any atom is -0.497 e. The molecule has 0 bridgehead atoms. The van der Waals surface area contributed by atoms with Crippen LogP contribution in [0.15, 0.2) is 48.9 Å². The Balaban J connectivity index is 1.67. The van der Waals surface area contributed by atoms with Crippen molar-refractivity contribution in [2.75, 3.05) is 23.7 Å². The van der Waals surface area contributed by atoms with Crippen molar-refractivity contribution >= 4 is 40.4 Å². The molecular formula is C23H25N3O4S. The van der Waals surface area contributed by atoms with E-state index >= 15 is 0 Å². The number of rotatable bonds is 4. The molecule has 0 radical (unpaired) electrons.